The third-order valence-electron chi connectivity index (χ3n) is 2.73. The number of hydrogen-bond acceptors (Lipinski definition) is 2. The van der Waals surface area contributed by atoms with Crippen molar-refractivity contribution in [3.05, 3.63) is 63.1 Å². The van der Waals surface area contributed by atoms with E-state index in [1.54, 1.807) is 30.5 Å². The fourth-order valence-corrected chi connectivity index (χ4v) is 3.06. The van der Waals surface area contributed by atoms with Crippen molar-refractivity contribution in [1.82, 2.24) is 0 Å². The van der Waals surface area contributed by atoms with Gasteiger partial charge in [0.05, 0.1) is 10.6 Å². The second-order valence-electron chi connectivity index (χ2n) is 4.50. The number of benzene rings is 2. The molecular formula is C15H13BrClNO2S. The van der Waals surface area contributed by atoms with Crippen molar-refractivity contribution in [2.45, 2.75) is 5.75 Å². The van der Waals surface area contributed by atoms with Gasteiger partial charge in [0, 0.05) is 33.0 Å². The lowest BCUT2D eigenvalue weighted by molar-refractivity contribution is 0.102. The molecule has 0 aliphatic rings. The highest BCUT2D eigenvalue weighted by atomic mass is 79.9. The Morgan fingerprint density at radius 2 is 2.05 bits per heavy atom. The minimum Gasteiger partial charge on any atom is -0.322 e. The third kappa shape index (κ3) is 4.66. The summed E-state index contributed by atoms with van der Waals surface area (Å²) in [6.45, 7) is 0. The van der Waals surface area contributed by atoms with Gasteiger partial charge in [-0.3, -0.25) is 9.00 Å². The van der Waals surface area contributed by atoms with Crippen LogP contribution in [0.4, 0.5) is 5.69 Å². The third-order valence-corrected chi connectivity index (χ3v) is 4.29. The molecule has 2 aromatic rings. The van der Waals surface area contributed by atoms with Crippen LogP contribution in [0.25, 0.3) is 0 Å². The number of hydrogen-bond donors (Lipinski definition) is 1. The molecule has 0 heterocycles. The smallest absolute Gasteiger partial charge is 0.257 e. The van der Waals surface area contributed by atoms with Gasteiger partial charge in [0.1, 0.15) is 0 Å². The molecule has 0 radical (unpaired) electrons. The molecule has 0 saturated carbocycles. The van der Waals surface area contributed by atoms with Crippen molar-refractivity contribution in [3.63, 3.8) is 0 Å². The molecule has 2 rings (SSSR count). The van der Waals surface area contributed by atoms with E-state index in [-0.39, 0.29) is 5.91 Å². The van der Waals surface area contributed by atoms with E-state index in [0.717, 1.165) is 10.0 Å². The van der Waals surface area contributed by atoms with Gasteiger partial charge >= 0.3 is 0 Å². The first-order valence-corrected chi connectivity index (χ1v) is 9.01. The van der Waals surface area contributed by atoms with Gasteiger partial charge in [-0.15, -0.1) is 0 Å². The Hall–Kier alpha value is -1.17. The zero-order valence-corrected chi connectivity index (χ0v) is 14.4. The van der Waals surface area contributed by atoms with Gasteiger partial charge in [-0.05, 0) is 35.9 Å². The van der Waals surface area contributed by atoms with Crippen molar-refractivity contribution in [2.24, 2.45) is 0 Å². The standard InChI is InChI=1S/C15H13BrClNO2S/c1-21(20)9-10-3-2-4-12(7-10)18-15(19)13-8-11(16)5-6-14(13)17/h2-8H,9H2,1H3,(H,18,19). The van der Waals surface area contributed by atoms with Crippen LogP contribution in [0, 0.1) is 0 Å². The Balaban J connectivity index is 2.19. The molecule has 6 heteroatoms. The van der Waals surface area contributed by atoms with Crippen LogP contribution in [-0.2, 0) is 16.6 Å². The van der Waals surface area contributed by atoms with Crippen molar-refractivity contribution in [2.75, 3.05) is 11.6 Å². The molecule has 0 saturated heterocycles. The molecule has 1 N–H and O–H groups in total. The van der Waals surface area contributed by atoms with Gasteiger partial charge in [-0.25, -0.2) is 0 Å². The highest BCUT2D eigenvalue weighted by Crippen LogP contribution is 2.22. The highest BCUT2D eigenvalue weighted by molar-refractivity contribution is 9.10. The Kier molecular flexibility index (Phi) is 5.56. The summed E-state index contributed by atoms with van der Waals surface area (Å²) in [5, 5.41) is 3.19. The predicted octanol–water partition coefficient (Wildman–Crippen LogP) is 4.23. The lowest BCUT2D eigenvalue weighted by Gasteiger charge is -2.08. The average molecular weight is 387 g/mol. The van der Waals surface area contributed by atoms with Gasteiger partial charge in [-0.2, -0.15) is 0 Å². The van der Waals surface area contributed by atoms with E-state index in [0.29, 0.717) is 22.0 Å². The molecule has 1 atom stereocenters. The number of halogens is 2. The van der Waals surface area contributed by atoms with Crippen molar-refractivity contribution >= 4 is 49.9 Å². The molecule has 0 bridgehead atoms. The summed E-state index contributed by atoms with van der Waals surface area (Å²) >= 11 is 9.35. The quantitative estimate of drug-likeness (QED) is 0.854. The minimum atomic E-state index is -0.920. The molecule has 0 aromatic heterocycles. The molecule has 0 aliphatic carbocycles. The van der Waals surface area contributed by atoms with Crippen LogP contribution >= 0.6 is 27.5 Å². The number of rotatable bonds is 4. The summed E-state index contributed by atoms with van der Waals surface area (Å²) < 4.78 is 12.0. The fourth-order valence-electron chi connectivity index (χ4n) is 1.84. The number of nitrogens with one attached hydrogen (secondary N) is 1. The summed E-state index contributed by atoms with van der Waals surface area (Å²) in [6.07, 6.45) is 1.65. The Bertz CT molecular complexity index is 706. The van der Waals surface area contributed by atoms with Gasteiger partial charge in [0.2, 0.25) is 0 Å². The van der Waals surface area contributed by atoms with Crippen LogP contribution in [0.3, 0.4) is 0 Å². The number of carbonyl (C=O) groups is 1. The fraction of sp³-hybridized carbons (Fsp3) is 0.133. The monoisotopic (exact) mass is 385 g/mol. The van der Waals surface area contributed by atoms with E-state index in [1.165, 1.54) is 0 Å². The van der Waals surface area contributed by atoms with Crippen molar-refractivity contribution < 1.29 is 9.00 Å². The second-order valence-corrected chi connectivity index (χ2v) is 7.25. The molecule has 110 valence electrons. The van der Waals surface area contributed by atoms with E-state index >= 15 is 0 Å². The summed E-state index contributed by atoms with van der Waals surface area (Å²) in [7, 11) is -0.920. The van der Waals surface area contributed by atoms with Crippen LogP contribution in [0.2, 0.25) is 5.02 Å². The SMILES string of the molecule is CS(=O)Cc1cccc(NC(=O)c2cc(Br)ccc2Cl)c1. The zero-order valence-electron chi connectivity index (χ0n) is 11.2. The number of anilines is 1. The topological polar surface area (TPSA) is 46.2 Å². The lowest BCUT2D eigenvalue weighted by Crippen LogP contribution is -2.12. The first kappa shape index (κ1) is 16.2. The molecule has 3 nitrogen and oxygen atoms in total. The average Bonchev–Trinajstić information content (AvgIpc) is 2.41. The van der Waals surface area contributed by atoms with Crippen LogP contribution in [0.5, 0.6) is 0 Å². The molecule has 2 aromatic carbocycles. The molecular weight excluding hydrogens is 374 g/mol. The summed E-state index contributed by atoms with van der Waals surface area (Å²) in [5.74, 6) is 0.178. The molecule has 0 spiro atoms. The summed E-state index contributed by atoms with van der Waals surface area (Å²) in [5.41, 5.74) is 1.96. The molecule has 1 amide bonds. The molecule has 21 heavy (non-hydrogen) atoms. The maximum atomic E-state index is 12.2. The Morgan fingerprint density at radius 3 is 2.76 bits per heavy atom. The lowest BCUT2D eigenvalue weighted by atomic mass is 10.2. The summed E-state index contributed by atoms with van der Waals surface area (Å²) in [6, 6.07) is 12.4. The Morgan fingerprint density at radius 1 is 1.29 bits per heavy atom. The van der Waals surface area contributed by atoms with E-state index < -0.39 is 10.8 Å². The molecule has 0 aliphatic heterocycles. The van der Waals surface area contributed by atoms with Gasteiger partial charge in [0.15, 0.2) is 0 Å². The summed E-state index contributed by atoms with van der Waals surface area (Å²) in [4.78, 5) is 12.2. The van der Waals surface area contributed by atoms with Crippen molar-refractivity contribution in [1.29, 1.82) is 0 Å². The number of carbonyl (C=O) groups excluding carboxylic acids is 1. The van der Waals surface area contributed by atoms with E-state index in [4.69, 9.17) is 11.6 Å². The van der Waals surface area contributed by atoms with Gasteiger partial charge in [-0.1, -0.05) is 39.7 Å². The first-order chi connectivity index (χ1) is 9.95. The normalized spacial score (nSPS) is 12.0. The maximum Gasteiger partial charge on any atom is 0.257 e. The van der Waals surface area contributed by atoms with E-state index in [2.05, 4.69) is 21.2 Å². The van der Waals surface area contributed by atoms with E-state index in [1.807, 2.05) is 18.2 Å². The van der Waals surface area contributed by atoms with Crippen LogP contribution in [0.15, 0.2) is 46.9 Å². The van der Waals surface area contributed by atoms with E-state index in [9.17, 15) is 9.00 Å². The van der Waals surface area contributed by atoms with Crippen LogP contribution in [-0.4, -0.2) is 16.4 Å². The first-order valence-electron chi connectivity index (χ1n) is 6.11. The van der Waals surface area contributed by atoms with Crippen molar-refractivity contribution in [3.8, 4) is 0 Å². The molecule has 0 fully saturated rings. The van der Waals surface area contributed by atoms with Gasteiger partial charge < -0.3 is 5.32 Å². The predicted molar refractivity (Wildman–Crippen MR) is 91.3 cm³/mol. The number of amides is 1. The van der Waals surface area contributed by atoms with Crippen LogP contribution in [0.1, 0.15) is 15.9 Å². The largest absolute Gasteiger partial charge is 0.322 e. The highest BCUT2D eigenvalue weighted by Gasteiger charge is 2.11. The van der Waals surface area contributed by atoms with Gasteiger partial charge in [0.25, 0.3) is 5.91 Å². The second kappa shape index (κ2) is 7.20. The molecule has 1 unspecified atom stereocenters. The van der Waals surface area contributed by atoms with Crippen LogP contribution < -0.4 is 5.32 Å². The zero-order chi connectivity index (χ0) is 15.4. The minimum absolute atomic E-state index is 0.281. The Labute approximate surface area is 139 Å². The maximum absolute atomic E-state index is 12.2.